The first-order valence-electron chi connectivity index (χ1n) is 3.44. The number of hydrogen-bond acceptors (Lipinski definition) is 2. The van der Waals surface area contributed by atoms with E-state index >= 15 is 0 Å². The van der Waals surface area contributed by atoms with Gasteiger partial charge in [-0.1, -0.05) is 19.8 Å². The number of unbranched alkanes of at least 4 members (excludes halogenated alkanes) is 2. The first-order valence-corrected chi connectivity index (χ1v) is 3.44. The fourth-order valence-corrected chi connectivity index (χ4v) is 0.563. The van der Waals surface area contributed by atoms with Gasteiger partial charge in [-0.3, -0.25) is 4.99 Å². The highest BCUT2D eigenvalue weighted by Crippen LogP contribution is 1.92. The number of aliphatic imine (C=N–C) groups is 1. The second kappa shape index (κ2) is 7.47. The molecule has 0 saturated heterocycles. The van der Waals surface area contributed by atoms with Crippen molar-refractivity contribution < 1.29 is 4.74 Å². The highest BCUT2D eigenvalue weighted by Gasteiger charge is 1.82. The van der Waals surface area contributed by atoms with Crippen molar-refractivity contribution in [3.8, 4) is 0 Å². The average molecular weight is 129 g/mol. The van der Waals surface area contributed by atoms with Crippen LogP contribution in [0.5, 0.6) is 0 Å². The molecule has 0 aromatic heterocycles. The Kier molecular flexibility index (Phi) is 7.03. The van der Waals surface area contributed by atoms with Crippen molar-refractivity contribution in [2.45, 2.75) is 26.2 Å². The topological polar surface area (TPSA) is 21.6 Å². The fourth-order valence-electron chi connectivity index (χ4n) is 0.563. The lowest BCUT2D eigenvalue weighted by atomic mass is 10.3. The first kappa shape index (κ1) is 8.47. The molecule has 0 spiro atoms. The molecule has 0 radical (unpaired) electrons. The zero-order valence-electron chi connectivity index (χ0n) is 6.26. The van der Waals surface area contributed by atoms with Crippen LogP contribution >= 0.6 is 0 Å². The SMILES string of the molecule is CCCCCOC=NC. The highest BCUT2D eigenvalue weighted by molar-refractivity contribution is 5.45. The molecule has 54 valence electrons. The van der Waals surface area contributed by atoms with Crippen molar-refractivity contribution in [2.75, 3.05) is 13.7 Å². The van der Waals surface area contributed by atoms with E-state index in [0.717, 1.165) is 13.0 Å². The lowest BCUT2D eigenvalue weighted by Gasteiger charge is -1.96. The van der Waals surface area contributed by atoms with Gasteiger partial charge in [-0.15, -0.1) is 0 Å². The summed E-state index contributed by atoms with van der Waals surface area (Å²) < 4.78 is 4.99. The van der Waals surface area contributed by atoms with Gasteiger partial charge in [-0.05, 0) is 6.42 Å². The Balaban J connectivity index is 2.75. The Morgan fingerprint density at radius 1 is 1.44 bits per heavy atom. The predicted molar refractivity (Wildman–Crippen MR) is 39.9 cm³/mol. The van der Waals surface area contributed by atoms with E-state index in [1.165, 1.54) is 19.2 Å². The highest BCUT2D eigenvalue weighted by atomic mass is 16.5. The van der Waals surface area contributed by atoms with Crippen LogP contribution in [-0.2, 0) is 4.74 Å². The molecule has 0 aromatic rings. The molecule has 0 N–H and O–H groups in total. The Morgan fingerprint density at radius 2 is 2.22 bits per heavy atom. The van der Waals surface area contributed by atoms with Crippen molar-refractivity contribution in [3.63, 3.8) is 0 Å². The number of ether oxygens (including phenoxy) is 1. The molecule has 0 aromatic carbocycles. The average Bonchev–Trinajstić information content (AvgIpc) is 1.89. The molecule has 2 nitrogen and oxygen atoms in total. The predicted octanol–water partition coefficient (Wildman–Crippen LogP) is 1.85. The molecular formula is C7H15NO. The molecule has 0 heterocycles. The Bertz CT molecular complexity index is 71.3. The van der Waals surface area contributed by atoms with Crippen LogP contribution in [0.15, 0.2) is 4.99 Å². The molecular weight excluding hydrogens is 114 g/mol. The van der Waals surface area contributed by atoms with Crippen molar-refractivity contribution in [1.82, 2.24) is 0 Å². The Hall–Kier alpha value is -0.530. The lowest BCUT2D eigenvalue weighted by molar-refractivity contribution is 0.307. The van der Waals surface area contributed by atoms with Gasteiger partial charge >= 0.3 is 0 Å². The minimum atomic E-state index is 0.811. The first-order chi connectivity index (χ1) is 4.41. The maximum absolute atomic E-state index is 4.99. The molecule has 0 fully saturated rings. The van der Waals surface area contributed by atoms with Gasteiger partial charge in [-0.25, -0.2) is 0 Å². The summed E-state index contributed by atoms with van der Waals surface area (Å²) in [5.74, 6) is 0. The quantitative estimate of drug-likeness (QED) is 0.315. The number of rotatable bonds is 5. The molecule has 0 rings (SSSR count). The van der Waals surface area contributed by atoms with Gasteiger partial charge in [0.2, 0.25) is 0 Å². The molecule has 2 heteroatoms. The minimum Gasteiger partial charge on any atom is -0.484 e. The molecule has 0 aliphatic heterocycles. The lowest BCUT2D eigenvalue weighted by Crippen LogP contribution is -1.90. The summed E-state index contributed by atoms with van der Waals surface area (Å²) in [6.45, 7) is 2.99. The molecule has 0 unspecified atom stereocenters. The van der Waals surface area contributed by atoms with Gasteiger partial charge in [0.25, 0.3) is 0 Å². The normalized spacial score (nSPS) is 10.4. The Labute approximate surface area is 56.9 Å². The molecule has 0 bridgehead atoms. The van der Waals surface area contributed by atoms with Crippen LogP contribution in [0.1, 0.15) is 26.2 Å². The molecule has 0 amide bonds. The second-order valence-corrected chi connectivity index (χ2v) is 1.94. The van der Waals surface area contributed by atoms with E-state index in [0.29, 0.717) is 0 Å². The maximum atomic E-state index is 4.99. The van der Waals surface area contributed by atoms with Gasteiger partial charge in [0.1, 0.15) is 0 Å². The molecule has 0 aliphatic carbocycles. The van der Waals surface area contributed by atoms with E-state index in [1.807, 2.05) is 0 Å². The van der Waals surface area contributed by atoms with Crippen LogP contribution < -0.4 is 0 Å². The van der Waals surface area contributed by atoms with Crippen molar-refractivity contribution >= 4 is 6.40 Å². The van der Waals surface area contributed by atoms with Gasteiger partial charge < -0.3 is 4.74 Å². The smallest absolute Gasteiger partial charge is 0.169 e. The summed E-state index contributed by atoms with van der Waals surface area (Å²) in [5.41, 5.74) is 0. The van der Waals surface area contributed by atoms with Crippen molar-refractivity contribution in [3.05, 3.63) is 0 Å². The van der Waals surface area contributed by atoms with Crippen LogP contribution in [0.4, 0.5) is 0 Å². The van der Waals surface area contributed by atoms with Crippen LogP contribution in [0.2, 0.25) is 0 Å². The summed E-state index contributed by atoms with van der Waals surface area (Å²) in [4.78, 5) is 3.69. The molecule has 0 atom stereocenters. The van der Waals surface area contributed by atoms with Crippen LogP contribution in [0.3, 0.4) is 0 Å². The zero-order chi connectivity index (χ0) is 6.95. The zero-order valence-corrected chi connectivity index (χ0v) is 6.26. The third kappa shape index (κ3) is 7.47. The van der Waals surface area contributed by atoms with E-state index in [-0.39, 0.29) is 0 Å². The fraction of sp³-hybridized carbons (Fsp3) is 0.857. The molecule has 0 saturated carbocycles. The van der Waals surface area contributed by atoms with Gasteiger partial charge in [0.05, 0.1) is 6.61 Å². The monoisotopic (exact) mass is 129 g/mol. The van der Waals surface area contributed by atoms with E-state index in [2.05, 4.69) is 11.9 Å². The van der Waals surface area contributed by atoms with Gasteiger partial charge in [0.15, 0.2) is 6.40 Å². The van der Waals surface area contributed by atoms with Crippen LogP contribution in [0, 0.1) is 0 Å². The van der Waals surface area contributed by atoms with E-state index in [4.69, 9.17) is 4.74 Å². The summed E-state index contributed by atoms with van der Waals surface area (Å²) in [7, 11) is 1.71. The van der Waals surface area contributed by atoms with Crippen LogP contribution in [0.25, 0.3) is 0 Å². The summed E-state index contributed by atoms with van der Waals surface area (Å²) in [5, 5.41) is 0. The van der Waals surface area contributed by atoms with Crippen molar-refractivity contribution in [1.29, 1.82) is 0 Å². The minimum absolute atomic E-state index is 0.811. The summed E-state index contributed by atoms with van der Waals surface area (Å²) in [6.07, 6.45) is 5.13. The third-order valence-corrected chi connectivity index (χ3v) is 1.05. The molecule has 0 aliphatic rings. The third-order valence-electron chi connectivity index (χ3n) is 1.05. The van der Waals surface area contributed by atoms with E-state index in [9.17, 15) is 0 Å². The summed E-state index contributed by atoms with van der Waals surface area (Å²) >= 11 is 0. The summed E-state index contributed by atoms with van der Waals surface area (Å²) in [6, 6.07) is 0. The van der Waals surface area contributed by atoms with Gasteiger partial charge in [-0.2, -0.15) is 0 Å². The number of hydrogen-bond donors (Lipinski definition) is 0. The molecule has 9 heavy (non-hydrogen) atoms. The Morgan fingerprint density at radius 3 is 2.78 bits per heavy atom. The van der Waals surface area contributed by atoms with E-state index in [1.54, 1.807) is 7.05 Å². The standard InChI is InChI=1S/C7H15NO/c1-3-4-5-6-9-7-8-2/h7H,3-6H2,1-2H3. The largest absolute Gasteiger partial charge is 0.484 e. The van der Waals surface area contributed by atoms with Crippen molar-refractivity contribution in [2.24, 2.45) is 4.99 Å². The van der Waals surface area contributed by atoms with Gasteiger partial charge in [0, 0.05) is 7.05 Å². The number of nitrogens with zero attached hydrogens (tertiary/aromatic N) is 1. The maximum Gasteiger partial charge on any atom is 0.169 e. The second-order valence-electron chi connectivity index (χ2n) is 1.94. The van der Waals surface area contributed by atoms with E-state index < -0.39 is 0 Å². The van der Waals surface area contributed by atoms with Crippen LogP contribution in [-0.4, -0.2) is 20.1 Å².